The minimum Gasteiger partial charge on any atom is -0.506 e. The zero-order chi connectivity index (χ0) is 19.1. The summed E-state index contributed by atoms with van der Waals surface area (Å²) in [6, 6.07) is 18.4. The van der Waals surface area contributed by atoms with Crippen LogP contribution in [0.15, 0.2) is 75.8 Å². The van der Waals surface area contributed by atoms with E-state index in [2.05, 4.69) is 31.9 Å². The highest BCUT2D eigenvalue weighted by Crippen LogP contribution is 2.39. The first-order chi connectivity index (χ1) is 13.0. The van der Waals surface area contributed by atoms with Gasteiger partial charge in [0.1, 0.15) is 11.4 Å². The summed E-state index contributed by atoms with van der Waals surface area (Å²) in [5.41, 5.74) is 3.23. The summed E-state index contributed by atoms with van der Waals surface area (Å²) >= 11 is 13.3. The third kappa shape index (κ3) is 3.10. The molecule has 6 heteroatoms. The molecular formula is C21H12Br2ClNO2. The van der Waals surface area contributed by atoms with Crippen LogP contribution >= 0.6 is 43.5 Å². The standard InChI is InChI=1S/C21H12Br2ClNO2/c22-14-10-13(11-15(23)21(14)27)20(26)19-17(12-6-2-1-3-7-12)18(24)16-8-4-5-9-25(16)19/h1-11,27H. The molecule has 3 nitrogen and oxygen atoms in total. The molecule has 0 atom stereocenters. The Labute approximate surface area is 177 Å². The summed E-state index contributed by atoms with van der Waals surface area (Å²) in [6.45, 7) is 0. The van der Waals surface area contributed by atoms with Gasteiger partial charge < -0.3 is 9.51 Å². The minimum absolute atomic E-state index is 0.0490. The van der Waals surface area contributed by atoms with Crippen LogP contribution in [0, 0.1) is 0 Å². The van der Waals surface area contributed by atoms with Crippen molar-refractivity contribution in [2.24, 2.45) is 0 Å². The number of phenolic OH excluding ortho intramolecular Hbond substituents is 1. The van der Waals surface area contributed by atoms with E-state index in [1.165, 1.54) is 0 Å². The van der Waals surface area contributed by atoms with Crippen LogP contribution in [0.2, 0.25) is 5.02 Å². The van der Waals surface area contributed by atoms with Gasteiger partial charge in [-0.2, -0.15) is 0 Å². The fourth-order valence-corrected chi connectivity index (χ4v) is 4.63. The summed E-state index contributed by atoms with van der Waals surface area (Å²) in [5, 5.41) is 10.5. The number of carbonyl (C=O) groups is 1. The van der Waals surface area contributed by atoms with Gasteiger partial charge >= 0.3 is 0 Å². The highest BCUT2D eigenvalue weighted by atomic mass is 79.9. The zero-order valence-electron chi connectivity index (χ0n) is 13.8. The fraction of sp³-hybridized carbons (Fsp3) is 0. The van der Waals surface area contributed by atoms with E-state index in [1.807, 2.05) is 59.1 Å². The first-order valence-corrected chi connectivity index (χ1v) is 10.0. The minimum atomic E-state index is -0.191. The predicted molar refractivity (Wildman–Crippen MR) is 115 cm³/mol. The number of halogens is 3. The molecule has 27 heavy (non-hydrogen) atoms. The Morgan fingerprint density at radius 2 is 1.59 bits per heavy atom. The van der Waals surface area contributed by atoms with Gasteiger partial charge in [0, 0.05) is 17.3 Å². The number of rotatable bonds is 3. The number of hydrogen-bond acceptors (Lipinski definition) is 2. The highest BCUT2D eigenvalue weighted by Gasteiger charge is 2.25. The summed E-state index contributed by atoms with van der Waals surface area (Å²) < 4.78 is 2.68. The number of fused-ring (bicyclic) bond motifs is 1. The zero-order valence-corrected chi connectivity index (χ0v) is 17.7. The number of nitrogens with zero attached hydrogens (tertiary/aromatic N) is 1. The van der Waals surface area contributed by atoms with Crippen LogP contribution < -0.4 is 0 Å². The molecule has 0 fully saturated rings. The lowest BCUT2D eigenvalue weighted by atomic mass is 10.00. The average molecular weight is 506 g/mol. The third-order valence-corrected chi connectivity index (χ3v) is 5.93. The highest BCUT2D eigenvalue weighted by molar-refractivity contribution is 9.11. The van der Waals surface area contributed by atoms with Crippen LogP contribution in [-0.2, 0) is 0 Å². The molecule has 0 aliphatic rings. The van der Waals surface area contributed by atoms with Crippen LogP contribution in [0.4, 0.5) is 0 Å². The molecule has 1 N–H and O–H groups in total. The Balaban J connectivity index is 2.03. The topological polar surface area (TPSA) is 41.7 Å². The second-order valence-electron chi connectivity index (χ2n) is 5.98. The molecule has 2 heterocycles. The maximum atomic E-state index is 13.5. The first kappa shape index (κ1) is 18.3. The van der Waals surface area contributed by atoms with Gasteiger partial charge in [0.15, 0.2) is 0 Å². The maximum absolute atomic E-state index is 13.5. The molecule has 0 aliphatic carbocycles. The number of carbonyl (C=O) groups excluding carboxylic acids is 1. The molecule has 0 spiro atoms. The molecule has 2 aromatic heterocycles. The average Bonchev–Trinajstić information content (AvgIpc) is 2.98. The van der Waals surface area contributed by atoms with Crippen molar-refractivity contribution in [1.82, 2.24) is 4.40 Å². The summed E-state index contributed by atoms with van der Waals surface area (Å²) in [7, 11) is 0. The van der Waals surface area contributed by atoms with Crippen LogP contribution in [0.3, 0.4) is 0 Å². The molecule has 0 bridgehead atoms. The molecular weight excluding hydrogens is 493 g/mol. The van der Waals surface area contributed by atoms with Crippen molar-refractivity contribution in [3.63, 3.8) is 0 Å². The van der Waals surface area contributed by atoms with E-state index >= 15 is 0 Å². The number of hydrogen-bond donors (Lipinski definition) is 1. The molecule has 4 rings (SSSR count). The van der Waals surface area contributed by atoms with Crippen LogP contribution in [0.5, 0.6) is 5.75 Å². The van der Waals surface area contributed by atoms with E-state index in [0.29, 0.717) is 30.8 Å². The van der Waals surface area contributed by atoms with Crippen LogP contribution in [0.1, 0.15) is 16.1 Å². The largest absolute Gasteiger partial charge is 0.506 e. The molecule has 0 amide bonds. The maximum Gasteiger partial charge on any atom is 0.210 e. The van der Waals surface area contributed by atoms with Crippen molar-refractivity contribution in [2.45, 2.75) is 0 Å². The number of pyridine rings is 1. The van der Waals surface area contributed by atoms with Gasteiger partial charge in [-0.15, -0.1) is 0 Å². The predicted octanol–water partition coefficient (Wildman–Crippen LogP) is 6.72. The van der Waals surface area contributed by atoms with E-state index in [0.717, 1.165) is 11.1 Å². The Kier molecular flexibility index (Phi) is 4.84. The molecule has 0 saturated carbocycles. The number of ketones is 1. The van der Waals surface area contributed by atoms with Crippen molar-refractivity contribution < 1.29 is 9.90 Å². The van der Waals surface area contributed by atoms with E-state index < -0.39 is 0 Å². The number of benzene rings is 2. The Morgan fingerprint density at radius 1 is 0.963 bits per heavy atom. The Bertz CT molecular complexity index is 1160. The molecule has 134 valence electrons. The smallest absolute Gasteiger partial charge is 0.210 e. The number of aromatic nitrogens is 1. The number of aromatic hydroxyl groups is 1. The van der Waals surface area contributed by atoms with Gasteiger partial charge in [-0.3, -0.25) is 4.79 Å². The van der Waals surface area contributed by atoms with E-state index in [9.17, 15) is 9.90 Å². The van der Waals surface area contributed by atoms with Gasteiger partial charge in [-0.1, -0.05) is 48.0 Å². The van der Waals surface area contributed by atoms with E-state index in [4.69, 9.17) is 11.6 Å². The monoisotopic (exact) mass is 503 g/mol. The molecule has 4 aromatic rings. The summed E-state index contributed by atoms with van der Waals surface area (Å²) in [4.78, 5) is 13.5. The third-order valence-electron chi connectivity index (χ3n) is 4.34. The van der Waals surface area contributed by atoms with Crippen molar-refractivity contribution >= 4 is 54.8 Å². The molecule has 2 aromatic carbocycles. The van der Waals surface area contributed by atoms with Gasteiger partial charge in [0.05, 0.1) is 19.5 Å². The van der Waals surface area contributed by atoms with Gasteiger partial charge in [-0.05, 0) is 61.7 Å². The molecule has 0 saturated heterocycles. The lowest BCUT2D eigenvalue weighted by molar-refractivity contribution is 0.103. The van der Waals surface area contributed by atoms with Gasteiger partial charge in [-0.25, -0.2) is 0 Å². The van der Waals surface area contributed by atoms with Crippen LogP contribution in [-0.4, -0.2) is 15.3 Å². The molecule has 0 unspecified atom stereocenters. The van der Waals surface area contributed by atoms with Crippen molar-refractivity contribution in [2.75, 3.05) is 0 Å². The van der Waals surface area contributed by atoms with Gasteiger partial charge in [0.2, 0.25) is 5.78 Å². The quantitative estimate of drug-likeness (QED) is 0.314. The van der Waals surface area contributed by atoms with E-state index in [-0.39, 0.29) is 11.5 Å². The number of phenols is 1. The van der Waals surface area contributed by atoms with Crippen molar-refractivity contribution in [3.05, 3.63) is 92.1 Å². The second kappa shape index (κ2) is 7.15. The van der Waals surface area contributed by atoms with Crippen LogP contribution in [0.25, 0.3) is 16.6 Å². The van der Waals surface area contributed by atoms with E-state index in [1.54, 1.807) is 12.1 Å². The first-order valence-electron chi connectivity index (χ1n) is 8.05. The molecule has 0 aliphatic heterocycles. The Hall–Kier alpha value is -2.08. The summed E-state index contributed by atoms with van der Waals surface area (Å²) in [5.74, 6) is -0.142. The fourth-order valence-electron chi connectivity index (χ4n) is 3.09. The Morgan fingerprint density at radius 3 is 2.26 bits per heavy atom. The summed E-state index contributed by atoms with van der Waals surface area (Å²) in [6.07, 6.45) is 1.82. The normalized spacial score (nSPS) is 11.1. The lowest BCUT2D eigenvalue weighted by Crippen LogP contribution is -2.07. The van der Waals surface area contributed by atoms with Crippen molar-refractivity contribution in [3.8, 4) is 16.9 Å². The molecule has 0 radical (unpaired) electrons. The second-order valence-corrected chi connectivity index (χ2v) is 8.06. The van der Waals surface area contributed by atoms with Crippen molar-refractivity contribution in [1.29, 1.82) is 0 Å². The lowest BCUT2D eigenvalue weighted by Gasteiger charge is -2.09. The van der Waals surface area contributed by atoms with Gasteiger partial charge in [0.25, 0.3) is 0 Å². The SMILES string of the molecule is O=C(c1cc(Br)c(O)c(Br)c1)c1c(-c2ccccc2)c(Cl)c2ccccn12.